The molecule has 1 rings (SSSR count). The van der Waals surface area contributed by atoms with Crippen molar-refractivity contribution in [3.8, 4) is 0 Å². The van der Waals surface area contributed by atoms with Gasteiger partial charge in [0, 0.05) is 12.1 Å². The van der Waals surface area contributed by atoms with Crippen LogP contribution in [0.3, 0.4) is 0 Å². The summed E-state index contributed by atoms with van der Waals surface area (Å²) < 4.78 is 0. The third kappa shape index (κ3) is 4.57. The largest absolute Gasteiger partial charge is 0.311 e. The molecule has 0 amide bonds. The van der Waals surface area contributed by atoms with Crippen molar-refractivity contribution in [1.82, 2.24) is 5.32 Å². The number of rotatable bonds is 5. The van der Waals surface area contributed by atoms with E-state index in [-0.39, 0.29) is 0 Å². The Hall–Kier alpha value is -0.0400. The molecular weight excluding hydrogens is 218 g/mol. The van der Waals surface area contributed by atoms with Crippen LogP contribution in [-0.2, 0) is 0 Å². The molecule has 0 aromatic rings. The van der Waals surface area contributed by atoms with Crippen LogP contribution in [0.25, 0.3) is 0 Å². The van der Waals surface area contributed by atoms with Gasteiger partial charge in [-0.15, -0.1) is 0 Å². The molecule has 1 N–H and O–H groups in total. The summed E-state index contributed by atoms with van der Waals surface area (Å²) in [6.45, 7) is 16.8. The second-order valence-corrected chi connectivity index (χ2v) is 8.14. The molecule has 18 heavy (non-hydrogen) atoms. The minimum absolute atomic E-state index is 0.493. The van der Waals surface area contributed by atoms with Gasteiger partial charge in [0.2, 0.25) is 0 Å². The van der Waals surface area contributed by atoms with Gasteiger partial charge in [0.1, 0.15) is 0 Å². The van der Waals surface area contributed by atoms with E-state index < -0.39 is 0 Å². The predicted molar refractivity (Wildman–Crippen MR) is 81.9 cm³/mol. The standard InChI is InChI=1S/C17H35N/c1-8-14(9-2)13(3)18-15-10-16(4,5)12-17(6,7)11-15/h13-15,18H,8-12H2,1-7H3. The van der Waals surface area contributed by atoms with Crippen LogP contribution in [0.1, 0.15) is 80.6 Å². The van der Waals surface area contributed by atoms with E-state index in [1.54, 1.807) is 0 Å². The van der Waals surface area contributed by atoms with Gasteiger partial charge in [-0.1, -0.05) is 54.4 Å². The molecule has 1 heteroatoms. The van der Waals surface area contributed by atoms with Crippen LogP contribution in [0.2, 0.25) is 0 Å². The Kier molecular flexibility index (Phi) is 5.29. The Bertz CT molecular complexity index is 234. The van der Waals surface area contributed by atoms with Crippen LogP contribution in [-0.4, -0.2) is 12.1 Å². The third-order valence-electron chi connectivity index (χ3n) is 4.81. The zero-order valence-corrected chi connectivity index (χ0v) is 13.8. The molecule has 1 fully saturated rings. The number of hydrogen-bond donors (Lipinski definition) is 1. The van der Waals surface area contributed by atoms with Crippen LogP contribution in [0.5, 0.6) is 0 Å². The van der Waals surface area contributed by atoms with Crippen LogP contribution in [0.15, 0.2) is 0 Å². The topological polar surface area (TPSA) is 12.0 Å². The molecule has 0 aliphatic heterocycles. The Morgan fingerprint density at radius 1 is 1.00 bits per heavy atom. The molecule has 1 atom stereocenters. The maximum atomic E-state index is 3.93. The van der Waals surface area contributed by atoms with Gasteiger partial charge in [-0.2, -0.15) is 0 Å². The molecule has 0 heterocycles. The minimum Gasteiger partial charge on any atom is -0.311 e. The van der Waals surface area contributed by atoms with E-state index in [0.29, 0.717) is 22.9 Å². The first kappa shape index (κ1) is 16.0. The zero-order chi connectivity index (χ0) is 14.0. The van der Waals surface area contributed by atoms with Gasteiger partial charge in [-0.05, 0) is 42.9 Å². The van der Waals surface area contributed by atoms with E-state index in [0.717, 1.165) is 5.92 Å². The molecule has 1 nitrogen and oxygen atoms in total. The van der Waals surface area contributed by atoms with Crippen LogP contribution in [0.4, 0.5) is 0 Å². The summed E-state index contributed by atoms with van der Waals surface area (Å²) in [4.78, 5) is 0. The lowest BCUT2D eigenvalue weighted by atomic mass is 9.63. The molecule has 0 saturated heterocycles. The number of nitrogens with one attached hydrogen (secondary N) is 1. The minimum atomic E-state index is 0.493. The van der Waals surface area contributed by atoms with E-state index in [9.17, 15) is 0 Å². The van der Waals surface area contributed by atoms with E-state index in [4.69, 9.17) is 0 Å². The Labute approximate surface area is 115 Å². The second kappa shape index (κ2) is 5.94. The van der Waals surface area contributed by atoms with Gasteiger partial charge in [0.25, 0.3) is 0 Å². The smallest absolute Gasteiger partial charge is 0.00798 e. The predicted octanol–water partition coefficient (Wildman–Crippen LogP) is 5.01. The van der Waals surface area contributed by atoms with E-state index in [1.165, 1.54) is 32.1 Å². The maximum Gasteiger partial charge on any atom is 0.00798 e. The van der Waals surface area contributed by atoms with Crippen molar-refractivity contribution in [2.75, 3.05) is 0 Å². The highest BCUT2D eigenvalue weighted by molar-refractivity contribution is 4.93. The zero-order valence-electron chi connectivity index (χ0n) is 13.8. The van der Waals surface area contributed by atoms with Crippen LogP contribution < -0.4 is 5.32 Å². The first-order chi connectivity index (χ1) is 8.19. The third-order valence-corrected chi connectivity index (χ3v) is 4.81. The monoisotopic (exact) mass is 253 g/mol. The summed E-state index contributed by atoms with van der Waals surface area (Å²) in [7, 11) is 0. The van der Waals surface area contributed by atoms with Crippen molar-refractivity contribution in [2.24, 2.45) is 16.7 Å². The average Bonchev–Trinajstić information content (AvgIpc) is 2.13. The Morgan fingerprint density at radius 2 is 1.44 bits per heavy atom. The molecular formula is C17H35N. The highest BCUT2D eigenvalue weighted by Gasteiger charge is 2.38. The summed E-state index contributed by atoms with van der Waals surface area (Å²) in [6.07, 6.45) is 6.62. The first-order valence-corrected chi connectivity index (χ1v) is 7.95. The van der Waals surface area contributed by atoms with Gasteiger partial charge in [0.05, 0.1) is 0 Å². The second-order valence-electron chi connectivity index (χ2n) is 8.14. The molecule has 0 aromatic heterocycles. The molecule has 1 aliphatic carbocycles. The van der Waals surface area contributed by atoms with Gasteiger partial charge in [-0.3, -0.25) is 0 Å². The van der Waals surface area contributed by atoms with Crippen LogP contribution >= 0.6 is 0 Å². The van der Waals surface area contributed by atoms with Gasteiger partial charge >= 0.3 is 0 Å². The number of hydrogen-bond acceptors (Lipinski definition) is 1. The fraction of sp³-hybridized carbons (Fsp3) is 1.00. The van der Waals surface area contributed by atoms with Crippen molar-refractivity contribution in [3.63, 3.8) is 0 Å². The van der Waals surface area contributed by atoms with Crippen molar-refractivity contribution < 1.29 is 0 Å². The van der Waals surface area contributed by atoms with E-state index in [1.807, 2.05) is 0 Å². The highest BCUT2D eigenvalue weighted by atomic mass is 15.0. The van der Waals surface area contributed by atoms with Crippen molar-refractivity contribution in [3.05, 3.63) is 0 Å². The van der Waals surface area contributed by atoms with E-state index in [2.05, 4.69) is 53.8 Å². The molecule has 1 aliphatic rings. The SMILES string of the molecule is CCC(CC)C(C)NC1CC(C)(C)CC(C)(C)C1. The summed E-state index contributed by atoms with van der Waals surface area (Å²) >= 11 is 0. The Morgan fingerprint density at radius 3 is 1.83 bits per heavy atom. The molecule has 0 bridgehead atoms. The van der Waals surface area contributed by atoms with Crippen molar-refractivity contribution in [2.45, 2.75) is 92.7 Å². The lowest BCUT2D eigenvalue weighted by molar-refractivity contribution is 0.0769. The van der Waals surface area contributed by atoms with E-state index >= 15 is 0 Å². The highest BCUT2D eigenvalue weighted by Crippen LogP contribution is 2.45. The molecule has 0 spiro atoms. The lowest BCUT2D eigenvalue weighted by Crippen LogP contribution is -2.48. The van der Waals surface area contributed by atoms with Crippen molar-refractivity contribution in [1.29, 1.82) is 0 Å². The normalized spacial score (nSPS) is 25.3. The van der Waals surface area contributed by atoms with Gasteiger partial charge in [0.15, 0.2) is 0 Å². The fourth-order valence-corrected chi connectivity index (χ4v) is 4.47. The van der Waals surface area contributed by atoms with Gasteiger partial charge < -0.3 is 5.32 Å². The Balaban J connectivity index is 2.61. The quantitative estimate of drug-likeness (QED) is 0.726. The molecule has 0 radical (unpaired) electrons. The summed E-state index contributed by atoms with van der Waals surface area (Å²) in [5.74, 6) is 0.832. The average molecular weight is 253 g/mol. The fourth-order valence-electron chi connectivity index (χ4n) is 4.47. The maximum absolute atomic E-state index is 3.93. The summed E-state index contributed by atoms with van der Waals surface area (Å²) in [5.41, 5.74) is 0.986. The first-order valence-electron chi connectivity index (χ1n) is 7.95. The van der Waals surface area contributed by atoms with Crippen molar-refractivity contribution >= 4 is 0 Å². The summed E-state index contributed by atoms with van der Waals surface area (Å²) in [6, 6.07) is 1.37. The van der Waals surface area contributed by atoms with Gasteiger partial charge in [-0.25, -0.2) is 0 Å². The molecule has 1 unspecified atom stereocenters. The lowest BCUT2D eigenvalue weighted by Gasteiger charge is -2.46. The van der Waals surface area contributed by atoms with Crippen LogP contribution in [0, 0.1) is 16.7 Å². The molecule has 108 valence electrons. The molecule has 0 aromatic carbocycles. The molecule has 1 saturated carbocycles. The summed E-state index contributed by atoms with van der Waals surface area (Å²) in [5, 5.41) is 3.93.